The van der Waals surface area contributed by atoms with Crippen LogP contribution in [0.3, 0.4) is 0 Å². The Balaban J connectivity index is 1.92. The van der Waals surface area contributed by atoms with E-state index in [0.29, 0.717) is 5.84 Å². The summed E-state index contributed by atoms with van der Waals surface area (Å²) in [5.74, 6) is 2.24. The topological polar surface area (TPSA) is 57.7 Å². The molecule has 0 amide bonds. The van der Waals surface area contributed by atoms with E-state index in [1.807, 2.05) is 54.6 Å². The van der Waals surface area contributed by atoms with Gasteiger partial charge in [0.2, 0.25) is 0 Å². The average molecular weight is 240 g/mol. The van der Waals surface area contributed by atoms with Crippen molar-refractivity contribution in [3.63, 3.8) is 0 Å². The van der Waals surface area contributed by atoms with Crippen molar-refractivity contribution >= 4 is 5.84 Å². The van der Waals surface area contributed by atoms with E-state index in [-0.39, 0.29) is 0 Å². The monoisotopic (exact) mass is 240 g/mol. The van der Waals surface area contributed by atoms with Gasteiger partial charge in [-0.05, 0) is 24.3 Å². The van der Waals surface area contributed by atoms with Gasteiger partial charge < -0.3 is 4.74 Å². The molecule has 3 N–H and O–H groups in total. The number of hydrogen-bond donors (Lipinski definition) is 3. The second-order valence-corrected chi connectivity index (χ2v) is 3.73. The van der Waals surface area contributed by atoms with Gasteiger partial charge in [-0.3, -0.25) is 5.43 Å². The Bertz CT molecular complexity index is 568. The first-order chi connectivity index (χ1) is 8.93. The molecule has 2 aromatic rings. The first-order valence-electron chi connectivity index (χ1n) is 5.59. The van der Waals surface area contributed by atoms with Crippen molar-refractivity contribution in [2.24, 2.45) is 5.10 Å². The molecule has 1 aliphatic rings. The van der Waals surface area contributed by atoms with Crippen LogP contribution in [-0.2, 0) is 0 Å². The zero-order valence-electron chi connectivity index (χ0n) is 9.55. The van der Waals surface area contributed by atoms with Crippen LogP contribution in [0.25, 0.3) is 0 Å². The third kappa shape index (κ3) is 2.11. The highest BCUT2D eigenvalue weighted by atomic mass is 16.5. The molecule has 0 bridgehead atoms. The molecule has 0 aromatic heterocycles. The first-order valence-corrected chi connectivity index (χ1v) is 5.59. The molecule has 0 saturated carbocycles. The molecule has 0 unspecified atom stereocenters. The molecule has 0 radical (unpaired) electrons. The SMILES string of the molecule is c1ccc(Oc2ccccc2C2=NNNN2)cc1. The molecule has 1 heterocycles. The maximum atomic E-state index is 5.85. The summed E-state index contributed by atoms with van der Waals surface area (Å²) >= 11 is 0. The lowest BCUT2D eigenvalue weighted by atomic mass is 10.2. The minimum absolute atomic E-state index is 0.696. The quantitative estimate of drug-likeness (QED) is 0.765. The number of rotatable bonds is 3. The van der Waals surface area contributed by atoms with Gasteiger partial charge in [-0.25, -0.2) is 5.53 Å². The summed E-state index contributed by atoms with van der Waals surface area (Å²) in [4.78, 5) is 0. The van der Waals surface area contributed by atoms with Crippen LogP contribution in [0.4, 0.5) is 0 Å². The van der Waals surface area contributed by atoms with Crippen LogP contribution in [-0.4, -0.2) is 5.84 Å². The van der Waals surface area contributed by atoms with Gasteiger partial charge in [-0.1, -0.05) is 30.3 Å². The highest BCUT2D eigenvalue weighted by Crippen LogP contribution is 2.25. The van der Waals surface area contributed by atoms with Gasteiger partial charge >= 0.3 is 0 Å². The Labute approximate surface area is 104 Å². The summed E-state index contributed by atoms with van der Waals surface area (Å²) in [6, 6.07) is 17.4. The van der Waals surface area contributed by atoms with Gasteiger partial charge in [-0.2, -0.15) is 0 Å². The van der Waals surface area contributed by atoms with Crippen LogP contribution < -0.4 is 21.2 Å². The number of hydrogen-bond acceptors (Lipinski definition) is 5. The number of benzene rings is 2. The standard InChI is InChI=1S/C13H12N4O/c1-2-6-10(7-3-1)18-12-9-5-4-8-11(12)13-14-16-17-15-13/h1-9,16-17H,(H,14,15). The molecule has 0 fully saturated rings. The number of para-hydroxylation sites is 2. The number of ether oxygens (including phenoxy) is 1. The number of nitrogens with zero attached hydrogens (tertiary/aromatic N) is 1. The van der Waals surface area contributed by atoms with Gasteiger partial charge in [-0.15, -0.1) is 10.6 Å². The van der Waals surface area contributed by atoms with Gasteiger partial charge in [0.25, 0.3) is 0 Å². The van der Waals surface area contributed by atoms with E-state index >= 15 is 0 Å². The largest absolute Gasteiger partial charge is 0.457 e. The molecule has 0 spiro atoms. The molecule has 2 aromatic carbocycles. The van der Waals surface area contributed by atoms with Crippen LogP contribution in [0.2, 0.25) is 0 Å². The van der Waals surface area contributed by atoms with E-state index in [4.69, 9.17) is 4.74 Å². The van der Waals surface area contributed by atoms with Crippen molar-refractivity contribution in [1.82, 2.24) is 16.5 Å². The lowest BCUT2D eigenvalue weighted by Gasteiger charge is -2.10. The van der Waals surface area contributed by atoms with Crippen LogP contribution in [0, 0.1) is 0 Å². The third-order valence-electron chi connectivity index (χ3n) is 2.52. The van der Waals surface area contributed by atoms with Crippen LogP contribution >= 0.6 is 0 Å². The molecule has 90 valence electrons. The van der Waals surface area contributed by atoms with Crippen LogP contribution in [0.5, 0.6) is 11.5 Å². The molecule has 0 saturated heterocycles. The Morgan fingerprint density at radius 1 is 0.889 bits per heavy atom. The number of amidine groups is 1. The molecule has 0 aliphatic carbocycles. The molecule has 5 heteroatoms. The second-order valence-electron chi connectivity index (χ2n) is 3.73. The molecular formula is C13H12N4O. The normalized spacial score (nSPS) is 13.4. The van der Waals surface area contributed by atoms with E-state index < -0.39 is 0 Å². The Hall–Kier alpha value is -2.53. The summed E-state index contributed by atoms with van der Waals surface area (Å²) < 4.78 is 5.85. The van der Waals surface area contributed by atoms with Gasteiger partial charge in [0.15, 0.2) is 5.84 Å². The van der Waals surface area contributed by atoms with Gasteiger partial charge in [0.1, 0.15) is 11.5 Å². The average Bonchev–Trinajstić information content (AvgIpc) is 2.94. The smallest absolute Gasteiger partial charge is 0.174 e. The van der Waals surface area contributed by atoms with Crippen LogP contribution in [0.1, 0.15) is 5.56 Å². The molecule has 18 heavy (non-hydrogen) atoms. The first kappa shape index (κ1) is 10.6. The Morgan fingerprint density at radius 3 is 2.44 bits per heavy atom. The molecule has 3 rings (SSSR count). The lowest BCUT2D eigenvalue weighted by Crippen LogP contribution is -2.35. The Morgan fingerprint density at radius 2 is 1.67 bits per heavy atom. The minimum atomic E-state index is 0.696. The van der Waals surface area contributed by atoms with E-state index in [9.17, 15) is 0 Å². The highest BCUT2D eigenvalue weighted by molar-refractivity contribution is 6.01. The Kier molecular flexibility index (Phi) is 2.81. The lowest BCUT2D eigenvalue weighted by molar-refractivity contribution is 0.481. The fourth-order valence-corrected chi connectivity index (χ4v) is 1.69. The fourth-order valence-electron chi connectivity index (χ4n) is 1.69. The second kappa shape index (κ2) is 4.77. The summed E-state index contributed by atoms with van der Waals surface area (Å²) in [6.45, 7) is 0. The van der Waals surface area contributed by atoms with E-state index in [1.165, 1.54) is 0 Å². The maximum Gasteiger partial charge on any atom is 0.174 e. The van der Waals surface area contributed by atoms with E-state index in [0.717, 1.165) is 17.1 Å². The number of nitrogens with one attached hydrogen (secondary N) is 3. The van der Waals surface area contributed by atoms with Crippen molar-refractivity contribution in [3.8, 4) is 11.5 Å². The summed E-state index contributed by atoms with van der Waals surface area (Å²) in [7, 11) is 0. The van der Waals surface area contributed by atoms with E-state index in [1.54, 1.807) is 0 Å². The molecule has 5 nitrogen and oxygen atoms in total. The fraction of sp³-hybridized carbons (Fsp3) is 0. The van der Waals surface area contributed by atoms with E-state index in [2.05, 4.69) is 21.6 Å². The van der Waals surface area contributed by atoms with Crippen molar-refractivity contribution in [2.45, 2.75) is 0 Å². The number of hydrazine groups is 2. The zero-order chi connectivity index (χ0) is 12.2. The van der Waals surface area contributed by atoms with Crippen molar-refractivity contribution in [3.05, 3.63) is 60.2 Å². The van der Waals surface area contributed by atoms with Gasteiger partial charge in [0, 0.05) is 0 Å². The molecular weight excluding hydrogens is 228 g/mol. The summed E-state index contributed by atoms with van der Waals surface area (Å²) in [5, 5.41) is 4.07. The van der Waals surface area contributed by atoms with Crippen molar-refractivity contribution in [2.75, 3.05) is 0 Å². The predicted molar refractivity (Wildman–Crippen MR) is 68.9 cm³/mol. The maximum absolute atomic E-state index is 5.85. The van der Waals surface area contributed by atoms with Crippen LogP contribution in [0.15, 0.2) is 59.7 Å². The minimum Gasteiger partial charge on any atom is -0.457 e. The predicted octanol–water partition coefficient (Wildman–Crippen LogP) is 1.75. The summed E-state index contributed by atoms with van der Waals surface area (Å²) in [5.41, 5.74) is 9.13. The third-order valence-corrected chi connectivity index (χ3v) is 2.52. The van der Waals surface area contributed by atoms with Gasteiger partial charge in [0.05, 0.1) is 5.56 Å². The zero-order valence-corrected chi connectivity index (χ0v) is 9.55. The summed E-state index contributed by atoms with van der Waals surface area (Å²) in [6.07, 6.45) is 0. The highest BCUT2D eigenvalue weighted by Gasteiger charge is 2.13. The number of hydrazone groups is 1. The van der Waals surface area contributed by atoms with Crippen molar-refractivity contribution in [1.29, 1.82) is 0 Å². The van der Waals surface area contributed by atoms with Crippen molar-refractivity contribution < 1.29 is 4.74 Å². The molecule has 0 atom stereocenters. The molecule has 1 aliphatic heterocycles.